The third-order valence-corrected chi connectivity index (χ3v) is 6.49. The Balaban J connectivity index is 1.60. The molecule has 2 aliphatic carbocycles. The van der Waals surface area contributed by atoms with E-state index in [-0.39, 0.29) is 0 Å². The maximum absolute atomic E-state index is 2.49. The minimum absolute atomic E-state index is 0.975. The van der Waals surface area contributed by atoms with Crippen molar-refractivity contribution in [3.63, 3.8) is 0 Å². The van der Waals surface area contributed by atoms with E-state index < -0.39 is 0 Å². The Morgan fingerprint density at radius 1 is 0.909 bits per heavy atom. The first-order chi connectivity index (χ1) is 10.7. The second-order valence-corrected chi connectivity index (χ2v) is 8.26. The number of aryl methyl sites for hydroxylation is 2. The molecule has 0 nitrogen and oxygen atoms in total. The fourth-order valence-corrected chi connectivity index (χ4v) is 5.09. The lowest BCUT2D eigenvalue weighted by Crippen LogP contribution is -2.31. The Bertz CT molecular complexity index is 438. The average Bonchev–Trinajstić information content (AvgIpc) is 2.56. The van der Waals surface area contributed by atoms with E-state index in [1.165, 1.54) is 69.8 Å². The van der Waals surface area contributed by atoms with Crippen molar-refractivity contribution in [3.05, 3.63) is 35.4 Å². The van der Waals surface area contributed by atoms with Gasteiger partial charge in [-0.25, -0.2) is 0 Å². The van der Waals surface area contributed by atoms with E-state index >= 15 is 0 Å². The van der Waals surface area contributed by atoms with E-state index in [2.05, 4.69) is 38.1 Å². The zero-order valence-corrected chi connectivity index (χ0v) is 14.7. The molecule has 3 rings (SSSR count). The summed E-state index contributed by atoms with van der Waals surface area (Å²) in [5.74, 6) is 4.07. The van der Waals surface area contributed by atoms with Gasteiger partial charge in [-0.15, -0.1) is 0 Å². The van der Waals surface area contributed by atoms with Crippen LogP contribution in [0.1, 0.15) is 75.8 Å². The van der Waals surface area contributed by atoms with Crippen LogP contribution < -0.4 is 0 Å². The lowest BCUT2D eigenvalue weighted by atomic mass is 9.64. The van der Waals surface area contributed by atoms with Gasteiger partial charge in [0.25, 0.3) is 0 Å². The van der Waals surface area contributed by atoms with Gasteiger partial charge in [0.05, 0.1) is 0 Å². The lowest BCUT2D eigenvalue weighted by molar-refractivity contribution is 0.0960. The third-order valence-electron chi connectivity index (χ3n) is 6.49. The van der Waals surface area contributed by atoms with Crippen molar-refractivity contribution in [1.29, 1.82) is 0 Å². The molecule has 0 amide bonds. The van der Waals surface area contributed by atoms with Crippen LogP contribution in [0.15, 0.2) is 24.3 Å². The molecule has 0 aliphatic heterocycles. The zero-order valence-electron chi connectivity index (χ0n) is 14.7. The summed E-state index contributed by atoms with van der Waals surface area (Å²) in [5, 5.41) is 0. The van der Waals surface area contributed by atoms with Crippen molar-refractivity contribution in [1.82, 2.24) is 0 Å². The van der Waals surface area contributed by atoms with Crippen LogP contribution in [-0.4, -0.2) is 0 Å². The number of hydrogen-bond donors (Lipinski definition) is 0. The number of hydrogen-bond acceptors (Lipinski definition) is 0. The van der Waals surface area contributed by atoms with Crippen LogP contribution in [0.5, 0.6) is 0 Å². The third kappa shape index (κ3) is 4.15. The minimum atomic E-state index is 0.975. The van der Waals surface area contributed by atoms with Crippen LogP contribution in [0.4, 0.5) is 0 Å². The van der Waals surface area contributed by atoms with Crippen LogP contribution in [-0.2, 0) is 6.42 Å². The van der Waals surface area contributed by atoms with Gasteiger partial charge in [0.1, 0.15) is 0 Å². The smallest absolute Gasteiger partial charge is 0.0276 e. The highest BCUT2D eigenvalue weighted by Crippen LogP contribution is 2.44. The Labute approximate surface area is 137 Å². The molecule has 22 heavy (non-hydrogen) atoms. The van der Waals surface area contributed by atoms with E-state index in [0.29, 0.717) is 0 Å². The summed E-state index contributed by atoms with van der Waals surface area (Å²) < 4.78 is 0. The van der Waals surface area contributed by atoms with Gasteiger partial charge in [-0.05, 0) is 61.8 Å². The summed E-state index contributed by atoms with van der Waals surface area (Å²) in [5.41, 5.74) is 2.93. The van der Waals surface area contributed by atoms with Crippen molar-refractivity contribution in [2.45, 2.75) is 78.1 Å². The molecule has 0 aromatic heterocycles. The Morgan fingerprint density at radius 3 is 2.36 bits per heavy atom. The molecule has 1 aromatic carbocycles. The van der Waals surface area contributed by atoms with E-state index in [4.69, 9.17) is 0 Å². The molecule has 0 heterocycles. The average molecular weight is 299 g/mol. The summed E-state index contributed by atoms with van der Waals surface area (Å²) in [6, 6.07) is 9.24. The normalized spacial score (nSPS) is 30.4. The first-order valence-electron chi connectivity index (χ1n) is 9.78. The predicted octanol–water partition coefficient (Wildman–Crippen LogP) is 6.56. The summed E-state index contributed by atoms with van der Waals surface area (Å²) in [7, 11) is 0. The molecule has 2 aliphatic rings. The van der Waals surface area contributed by atoms with E-state index in [0.717, 1.165) is 23.7 Å². The molecule has 3 unspecified atom stereocenters. The predicted molar refractivity (Wildman–Crippen MR) is 96.1 cm³/mol. The Kier molecular flexibility index (Phi) is 5.61. The van der Waals surface area contributed by atoms with E-state index in [1.54, 1.807) is 5.56 Å². The van der Waals surface area contributed by atoms with Gasteiger partial charge >= 0.3 is 0 Å². The quantitative estimate of drug-likeness (QED) is 0.590. The van der Waals surface area contributed by atoms with E-state index in [1.807, 2.05) is 0 Å². The fraction of sp³-hybridized carbons (Fsp3) is 0.727. The largest absolute Gasteiger partial charge is 0.0625 e. The summed E-state index contributed by atoms with van der Waals surface area (Å²) in [4.78, 5) is 0. The highest BCUT2D eigenvalue weighted by atomic mass is 14.4. The van der Waals surface area contributed by atoms with Crippen molar-refractivity contribution >= 4 is 0 Å². The standard InChI is InChI=1S/C22H34/c1-17-8-11-19(12-9-17)13-15-21-14-10-18(2)16-22(21)20-6-4-3-5-7-20/h8-9,11-12,18,20-22H,3-7,10,13-16H2,1-2H3. The van der Waals surface area contributed by atoms with Crippen LogP contribution >= 0.6 is 0 Å². The lowest BCUT2D eigenvalue weighted by Gasteiger charge is -2.41. The maximum atomic E-state index is 2.49. The molecule has 0 radical (unpaired) electrons. The highest BCUT2D eigenvalue weighted by Gasteiger charge is 2.34. The molecule has 0 spiro atoms. The molecule has 3 atom stereocenters. The van der Waals surface area contributed by atoms with Crippen LogP contribution in [0.3, 0.4) is 0 Å². The van der Waals surface area contributed by atoms with Gasteiger partial charge in [0, 0.05) is 0 Å². The van der Waals surface area contributed by atoms with Crippen molar-refractivity contribution in [3.8, 4) is 0 Å². The topological polar surface area (TPSA) is 0 Å². The summed E-state index contributed by atoms with van der Waals surface area (Å²) >= 11 is 0. The molecule has 0 bridgehead atoms. The van der Waals surface area contributed by atoms with Crippen molar-refractivity contribution < 1.29 is 0 Å². The Hall–Kier alpha value is -0.780. The molecule has 1 aromatic rings. The fourth-order valence-electron chi connectivity index (χ4n) is 5.09. The molecule has 122 valence electrons. The first-order valence-corrected chi connectivity index (χ1v) is 9.78. The molecular formula is C22H34. The molecule has 2 fully saturated rings. The monoisotopic (exact) mass is 298 g/mol. The van der Waals surface area contributed by atoms with Crippen LogP contribution in [0.2, 0.25) is 0 Å². The van der Waals surface area contributed by atoms with Gasteiger partial charge in [-0.2, -0.15) is 0 Å². The highest BCUT2D eigenvalue weighted by molar-refractivity contribution is 5.21. The van der Waals surface area contributed by atoms with Crippen molar-refractivity contribution in [2.24, 2.45) is 23.7 Å². The van der Waals surface area contributed by atoms with Crippen molar-refractivity contribution in [2.75, 3.05) is 0 Å². The number of rotatable bonds is 4. The van der Waals surface area contributed by atoms with Gasteiger partial charge in [0.15, 0.2) is 0 Å². The van der Waals surface area contributed by atoms with Gasteiger partial charge in [-0.1, -0.05) is 75.3 Å². The number of benzene rings is 1. The molecule has 2 saturated carbocycles. The maximum Gasteiger partial charge on any atom is -0.0276 e. The summed E-state index contributed by atoms with van der Waals surface area (Å²) in [6.07, 6.45) is 14.8. The second kappa shape index (κ2) is 7.66. The zero-order chi connectivity index (χ0) is 15.4. The summed E-state index contributed by atoms with van der Waals surface area (Å²) in [6.45, 7) is 4.68. The second-order valence-electron chi connectivity index (χ2n) is 8.26. The van der Waals surface area contributed by atoms with Crippen LogP contribution in [0, 0.1) is 30.6 Å². The van der Waals surface area contributed by atoms with E-state index in [9.17, 15) is 0 Å². The van der Waals surface area contributed by atoms with Gasteiger partial charge in [0.2, 0.25) is 0 Å². The molecule has 0 heteroatoms. The molecule has 0 saturated heterocycles. The van der Waals surface area contributed by atoms with Crippen LogP contribution in [0.25, 0.3) is 0 Å². The molecular weight excluding hydrogens is 264 g/mol. The first kappa shape index (κ1) is 16.1. The Morgan fingerprint density at radius 2 is 1.64 bits per heavy atom. The SMILES string of the molecule is Cc1ccc(CCC2CCC(C)CC2C2CCCCC2)cc1. The molecule has 0 N–H and O–H groups in total. The van der Waals surface area contributed by atoms with Gasteiger partial charge < -0.3 is 0 Å². The minimum Gasteiger partial charge on any atom is -0.0625 e. The van der Waals surface area contributed by atoms with Gasteiger partial charge in [-0.3, -0.25) is 0 Å².